The fraction of sp³-hybridized carbons (Fsp3) is 0.118. The molecule has 25 heavy (non-hydrogen) atoms. The Morgan fingerprint density at radius 1 is 1.16 bits per heavy atom. The Balaban J connectivity index is 1.91. The van der Waals surface area contributed by atoms with Gasteiger partial charge in [0, 0.05) is 16.9 Å². The van der Waals surface area contributed by atoms with E-state index >= 15 is 0 Å². The normalized spacial score (nSPS) is 12.5. The predicted octanol–water partition coefficient (Wildman–Crippen LogP) is 2.65. The van der Waals surface area contributed by atoms with Crippen LogP contribution in [0.25, 0.3) is 11.0 Å². The largest absolute Gasteiger partial charge is 0.399 e. The average molecular weight is 336 g/mol. The van der Waals surface area contributed by atoms with Gasteiger partial charge in [-0.1, -0.05) is 0 Å². The molecule has 2 aromatic carbocycles. The smallest absolute Gasteiger partial charge is 0.198 e. The average Bonchev–Trinajstić information content (AvgIpc) is 3.04. The molecule has 0 aliphatic carbocycles. The lowest BCUT2D eigenvalue weighted by atomic mass is 10.00. The van der Waals surface area contributed by atoms with Crippen molar-refractivity contribution < 1.29 is 9.59 Å². The van der Waals surface area contributed by atoms with Crippen LogP contribution in [-0.2, 0) is 4.79 Å². The molecule has 1 atom stereocenters. The number of nitrogens with two attached hydrogens (primary N) is 2. The van der Waals surface area contributed by atoms with E-state index in [9.17, 15) is 9.59 Å². The Morgan fingerprint density at radius 3 is 2.72 bits per heavy atom. The highest BCUT2D eigenvalue weighted by molar-refractivity contribution is 6.16. The lowest BCUT2D eigenvalue weighted by Crippen LogP contribution is -2.27. The quantitative estimate of drug-likeness (QED) is 0.284. The Labute approximate surface area is 143 Å². The molecule has 0 saturated heterocycles. The molecular weight excluding hydrogens is 320 g/mol. The van der Waals surface area contributed by atoms with Crippen molar-refractivity contribution >= 4 is 39.7 Å². The van der Waals surface area contributed by atoms with Crippen LogP contribution < -0.4 is 11.5 Å². The van der Waals surface area contributed by atoms with E-state index in [2.05, 4.69) is 20.2 Å². The van der Waals surface area contributed by atoms with Gasteiger partial charge in [-0.3, -0.25) is 9.59 Å². The number of nitrogens with one attached hydrogen (secondary N) is 1. The number of imidazole rings is 1. The molecule has 0 aliphatic heterocycles. The number of hydrogen-bond donors (Lipinski definition) is 3. The summed E-state index contributed by atoms with van der Waals surface area (Å²) < 4.78 is 0. The number of ketones is 2. The van der Waals surface area contributed by atoms with Crippen LogP contribution in [0.2, 0.25) is 0 Å². The molecule has 1 unspecified atom stereocenters. The summed E-state index contributed by atoms with van der Waals surface area (Å²) in [4.78, 5) is 31.6. The first-order chi connectivity index (χ1) is 12.0. The molecular formula is C17H16N6O2. The van der Waals surface area contributed by atoms with Gasteiger partial charge in [0.1, 0.15) is 0 Å². The second kappa shape index (κ2) is 6.52. The number of nitrogens with zero attached hydrogens (tertiary/aromatic N) is 3. The first kappa shape index (κ1) is 16.3. The number of azo groups is 1. The molecule has 0 amide bonds. The molecule has 0 saturated carbocycles. The highest BCUT2D eigenvalue weighted by atomic mass is 16.2. The molecule has 0 fully saturated rings. The summed E-state index contributed by atoms with van der Waals surface area (Å²) in [5.41, 5.74) is 14.3. The van der Waals surface area contributed by atoms with Crippen LogP contribution in [0.1, 0.15) is 17.3 Å². The molecule has 3 rings (SSSR count). The maximum atomic E-state index is 12.6. The van der Waals surface area contributed by atoms with Crippen LogP contribution in [0, 0.1) is 0 Å². The van der Waals surface area contributed by atoms with E-state index in [-0.39, 0.29) is 11.3 Å². The van der Waals surface area contributed by atoms with Gasteiger partial charge in [0.25, 0.3) is 0 Å². The van der Waals surface area contributed by atoms with Crippen LogP contribution in [0.5, 0.6) is 0 Å². The number of aromatic amines is 1. The number of hydrogen-bond acceptors (Lipinski definition) is 7. The lowest BCUT2D eigenvalue weighted by Gasteiger charge is -2.10. The van der Waals surface area contributed by atoms with Gasteiger partial charge < -0.3 is 16.5 Å². The molecule has 8 nitrogen and oxygen atoms in total. The van der Waals surface area contributed by atoms with E-state index < -0.39 is 17.6 Å². The van der Waals surface area contributed by atoms with Crippen LogP contribution in [-0.4, -0.2) is 27.6 Å². The van der Waals surface area contributed by atoms with E-state index in [1.807, 2.05) is 0 Å². The third kappa shape index (κ3) is 3.37. The van der Waals surface area contributed by atoms with E-state index in [1.165, 1.54) is 19.1 Å². The molecule has 1 aromatic heterocycles. The summed E-state index contributed by atoms with van der Waals surface area (Å²) in [6, 6.07) is 8.44. The number of H-pyrrole nitrogens is 1. The van der Waals surface area contributed by atoms with Crippen molar-refractivity contribution in [3.05, 3.63) is 48.3 Å². The molecule has 0 spiro atoms. The Morgan fingerprint density at radius 2 is 1.96 bits per heavy atom. The molecule has 126 valence electrons. The number of carbonyl (C=O) groups is 2. The lowest BCUT2D eigenvalue weighted by molar-refractivity contribution is -0.117. The highest BCUT2D eigenvalue weighted by Crippen LogP contribution is 2.22. The molecule has 5 N–H and O–H groups in total. The zero-order chi connectivity index (χ0) is 18.0. The van der Waals surface area contributed by atoms with Gasteiger partial charge in [0.15, 0.2) is 17.6 Å². The van der Waals surface area contributed by atoms with Crippen LogP contribution in [0.4, 0.5) is 17.1 Å². The number of benzene rings is 2. The Kier molecular flexibility index (Phi) is 4.25. The standard InChI is InChI=1S/C17H16N6O2/c1-9(24)16(17(25)12-6-10(18)2-4-13(12)19)23-22-11-3-5-14-15(7-11)21-8-20-14/h2-8,16H,18-19H2,1H3,(H,20,21)/b23-22+. The van der Waals surface area contributed by atoms with Crippen molar-refractivity contribution in [1.82, 2.24) is 9.97 Å². The fourth-order valence-electron chi connectivity index (χ4n) is 2.36. The van der Waals surface area contributed by atoms with Gasteiger partial charge in [0.2, 0.25) is 0 Å². The minimum absolute atomic E-state index is 0.155. The van der Waals surface area contributed by atoms with Crippen LogP contribution in [0.3, 0.4) is 0 Å². The van der Waals surface area contributed by atoms with Crippen LogP contribution in [0.15, 0.2) is 53.0 Å². The number of fused-ring (bicyclic) bond motifs is 1. The van der Waals surface area contributed by atoms with E-state index in [4.69, 9.17) is 11.5 Å². The molecule has 0 bridgehead atoms. The van der Waals surface area contributed by atoms with Crippen molar-refractivity contribution in [3.63, 3.8) is 0 Å². The molecule has 3 aromatic rings. The molecule has 1 heterocycles. The number of aromatic nitrogens is 2. The van der Waals surface area contributed by atoms with Gasteiger partial charge >= 0.3 is 0 Å². The van der Waals surface area contributed by atoms with E-state index in [1.54, 1.807) is 30.6 Å². The summed E-state index contributed by atoms with van der Waals surface area (Å²) in [6.45, 7) is 1.28. The maximum Gasteiger partial charge on any atom is 0.198 e. The number of Topliss-reactive ketones (excluding diaryl/α,β-unsaturated/α-hetero) is 2. The number of anilines is 2. The summed E-state index contributed by atoms with van der Waals surface area (Å²) >= 11 is 0. The van der Waals surface area contributed by atoms with E-state index in [0.29, 0.717) is 16.9 Å². The SMILES string of the molecule is CC(=O)C(/N=N/c1ccc2[nH]cnc2c1)C(=O)c1cc(N)ccc1N. The molecule has 0 radical (unpaired) electrons. The zero-order valence-corrected chi connectivity index (χ0v) is 13.4. The fourth-order valence-corrected chi connectivity index (χ4v) is 2.36. The number of rotatable bonds is 5. The van der Waals surface area contributed by atoms with Gasteiger partial charge in [-0.25, -0.2) is 4.98 Å². The number of nitrogen functional groups attached to an aromatic ring is 2. The first-order valence-corrected chi connectivity index (χ1v) is 7.49. The monoisotopic (exact) mass is 336 g/mol. The van der Waals surface area contributed by atoms with Crippen molar-refractivity contribution in [2.45, 2.75) is 13.0 Å². The second-order valence-corrected chi connectivity index (χ2v) is 5.54. The minimum atomic E-state index is -1.28. The third-order valence-corrected chi connectivity index (χ3v) is 3.67. The van der Waals surface area contributed by atoms with Crippen molar-refractivity contribution in [3.8, 4) is 0 Å². The minimum Gasteiger partial charge on any atom is -0.399 e. The highest BCUT2D eigenvalue weighted by Gasteiger charge is 2.26. The van der Waals surface area contributed by atoms with Crippen molar-refractivity contribution in [2.75, 3.05) is 11.5 Å². The summed E-state index contributed by atoms with van der Waals surface area (Å²) in [5.74, 6) is -0.974. The van der Waals surface area contributed by atoms with Crippen LogP contribution >= 0.6 is 0 Å². The predicted molar refractivity (Wildman–Crippen MR) is 94.7 cm³/mol. The van der Waals surface area contributed by atoms with Gasteiger partial charge in [-0.15, -0.1) is 0 Å². The van der Waals surface area contributed by atoms with Gasteiger partial charge in [-0.05, 0) is 43.3 Å². The van der Waals surface area contributed by atoms with Crippen molar-refractivity contribution in [2.24, 2.45) is 10.2 Å². The van der Waals surface area contributed by atoms with Gasteiger partial charge in [-0.2, -0.15) is 10.2 Å². The second-order valence-electron chi connectivity index (χ2n) is 5.54. The first-order valence-electron chi connectivity index (χ1n) is 7.49. The Bertz CT molecular complexity index is 992. The third-order valence-electron chi connectivity index (χ3n) is 3.67. The topological polar surface area (TPSA) is 140 Å². The Hall–Kier alpha value is -3.55. The maximum absolute atomic E-state index is 12.6. The number of carbonyl (C=O) groups excluding carboxylic acids is 2. The summed E-state index contributed by atoms with van der Waals surface area (Å²) in [5, 5.41) is 7.94. The summed E-state index contributed by atoms with van der Waals surface area (Å²) in [6.07, 6.45) is 1.57. The van der Waals surface area contributed by atoms with Crippen molar-refractivity contribution in [1.29, 1.82) is 0 Å². The van der Waals surface area contributed by atoms with Gasteiger partial charge in [0.05, 0.1) is 23.0 Å². The molecule has 0 aliphatic rings. The zero-order valence-electron chi connectivity index (χ0n) is 13.4. The summed E-state index contributed by atoms with van der Waals surface area (Å²) in [7, 11) is 0. The van der Waals surface area contributed by atoms with E-state index in [0.717, 1.165) is 5.52 Å². The molecule has 8 heteroatoms.